The van der Waals surface area contributed by atoms with E-state index in [1.807, 2.05) is 51.9 Å². The zero-order valence-corrected chi connectivity index (χ0v) is 37.1. The Morgan fingerprint density at radius 2 is 1.78 bits per heavy atom. The van der Waals surface area contributed by atoms with E-state index in [1.54, 1.807) is 39.4 Å². The summed E-state index contributed by atoms with van der Waals surface area (Å²) < 4.78 is 32.5. The van der Waals surface area contributed by atoms with E-state index in [9.17, 15) is 24.6 Å². The number of thiophene rings is 1. The van der Waals surface area contributed by atoms with Crippen molar-refractivity contribution in [2.75, 3.05) is 27.3 Å². The van der Waals surface area contributed by atoms with Crippen molar-refractivity contribution in [2.24, 2.45) is 33.8 Å². The number of ether oxygens (including phenoxy) is 5. The van der Waals surface area contributed by atoms with Crippen LogP contribution >= 0.6 is 11.3 Å². The number of aliphatic imine (C=N–C) groups is 1. The van der Waals surface area contributed by atoms with Gasteiger partial charge in [-0.05, 0) is 79.1 Å². The molecule has 2 N–H and O–H groups in total. The molecule has 0 radical (unpaired) electrons. The number of hydrogen-bond donors (Lipinski definition) is 2. The van der Waals surface area contributed by atoms with Gasteiger partial charge in [0.05, 0.1) is 53.9 Å². The molecule has 0 aliphatic carbocycles. The highest BCUT2D eigenvalue weighted by Crippen LogP contribution is 2.40. The van der Waals surface area contributed by atoms with Crippen molar-refractivity contribution < 1.29 is 53.1 Å². The average molecular weight is 856 g/mol. The number of aromatic nitrogens is 2. The molecule has 1 unspecified atom stereocenters. The topological polar surface area (TPSA) is 201 Å². The highest BCUT2D eigenvalue weighted by Gasteiger charge is 2.53. The van der Waals surface area contributed by atoms with Gasteiger partial charge < -0.3 is 43.6 Å². The molecule has 6 heterocycles. The number of nitrogens with zero attached hydrogens (tertiary/aromatic N) is 5. The third-order valence-electron chi connectivity index (χ3n) is 12.5. The summed E-state index contributed by atoms with van der Waals surface area (Å²) in [4.78, 5) is 65.9. The fourth-order valence-electron chi connectivity index (χ4n) is 9.17. The summed E-state index contributed by atoms with van der Waals surface area (Å²) in [6, 6.07) is 3.50. The molecule has 60 heavy (non-hydrogen) atoms. The van der Waals surface area contributed by atoms with Gasteiger partial charge in [0.25, 0.3) is 5.91 Å². The largest absolute Gasteiger partial charge is 0.459 e. The fourth-order valence-corrected chi connectivity index (χ4v) is 10.2. The van der Waals surface area contributed by atoms with Gasteiger partial charge in [-0.2, -0.15) is 0 Å². The van der Waals surface area contributed by atoms with E-state index in [0.29, 0.717) is 17.8 Å². The quantitative estimate of drug-likeness (QED) is 0.299. The van der Waals surface area contributed by atoms with Crippen molar-refractivity contribution in [2.45, 2.75) is 141 Å². The van der Waals surface area contributed by atoms with E-state index in [0.717, 1.165) is 9.75 Å². The Morgan fingerprint density at radius 1 is 1.03 bits per heavy atom. The van der Waals surface area contributed by atoms with Crippen molar-refractivity contribution in [3.05, 3.63) is 35.6 Å². The van der Waals surface area contributed by atoms with Crippen molar-refractivity contribution in [1.82, 2.24) is 14.9 Å². The number of oxime groups is 1. The van der Waals surface area contributed by atoms with E-state index in [2.05, 4.69) is 15.1 Å². The Morgan fingerprint density at radius 3 is 2.47 bits per heavy atom. The van der Waals surface area contributed by atoms with Crippen LogP contribution < -0.4 is 0 Å². The van der Waals surface area contributed by atoms with Crippen molar-refractivity contribution >= 4 is 40.4 Å². The summed E-state index contributed by atoms with van der Waals surface area (Å²) in [5.74, 6) is -5.45. The molecule has 3 fully saturated rings. The molecule has 6 rings (SSSR count). The van der Waals surface area contributed by atoms with Crippen LogP contribution in [0.1, 0.15) is 79.5 Å². The van der Waals surface area contributed by atoms with Crippen LogP contribution in [-0.4, -0.2) is 142 Å². The first-order chi connectivity index (χ1) is 28.3. The van der Waals surface area contributed by atoms with Gasteiger partial charge in [-0.15, -0.1) is 11.3 Å². The zero-order valence-electron chi connectivity index (χ0n) is 36.3. The smallest absolute Gasteiger partial charge is 0.316 e. The second-order valence-electron chi connectivity index (χ2n) is 17.5. The van der Waals surface area contributed by atoms with Gasteiger partial charge >= 0.3 is 5.97 Å². The second-order valence-corrected chi connectivity index (χ2v) is 18.7. The number of aliphatic hydroxyl groups excluding tert-OH is 1. The Labute approximate surface area is 356 Å². The third kappa shape index (κ3) is 9.73. The zero-order chi connectivity index (χ0) is 43.7. The minimum Gasteiger partial charge on any atom is -0.459 e. The fraction of sp³-hybridized carbons (Fsp3) is 0.698. The maximum atomic E-state index is 14.5. The number of esters is 1. The molecule has 330 valence electrons. The van der Waals surface area contributed by atoms with Crippen LogP contribution in [-0.2, 0) is 49.3 Å². The normalized spacial score (nSPS) is 39.5. The second kappa shape index (κ2) is 18.8. The molecule has 4 aliphatic rings. The minimum absolute atomic E-state index is 0.150. The maximum absolute atomic E-state index is 14.5. The summed E-state index contributed by atoms with van der Waals surface area (Å²) >= 11 is 1.45. The number of hydrogen-bond acceptors (Lipinski definition) is 16. The number of carbonyl (C=O) groups excluding carboxylic acids is 3. The van der Waals surface area contributed by atoms with Crippen LogP contribution in [0.15, 0.2) is 40.9 Å². The lowest BCUT2D eigenvalue weighted by molar-refractivity contribution is -0.296. The highest BCUT2D eigenvalue weighted by atomic mass is 32.1. The molecule has 4 aliphatic heterocycles. The Bertz CT molecular complexity index is 1910. The number of rotatable bonds is 7. The Balaban J connectivity index is 1.48. The molecule has 0 spiro atoms. The number of fused-ring (bicyclic) bond motifs is 4. The van der Waals surface area contributed by atoms with Crippen molar-refractivity contribution in [3.63, 3.8) is 0 Å². The maximum Gasteiger partial charge on any atom is 0.316 e. The average Bonchev–Trinajstić information content (AvgIpc) is 3.67. The van der Waals surface area contributed by atoms with Crippen LogP contribution in [0.25, 0.3) is 10.6 Å². The first-order valence-electron chi connectivity index (χ1n) is 20.9. The van der Waals surface area contributed by atoms with Crippen molar-refractivity contribution in [3.8, 4) is 10.6 Å². The minimum atomic E-state index is -1.84. The molecule has 4 bridgehead atoms. The van der Waals surface area contributed by atoms with Gasteiger partial charge in [0.2, 0.25) is 6.10 Å². The predicted octanol–water partition coefficient (Wildman–Crippen LogP) is 4.05. The van der Waals surface area contributed by atoms with E-state index >= 15 is 0 Å². The number of ketones is 1. The van der Waals surface area contributed by atoms with Crippen LogP contribution in [0.2, 0.25) is 0 Å². The molecule has 14 atom stereocenters. The summed E-state index contributed by atoms with van der Waals surface area (Å²) in [6.07, 6.45) is -1.10. The monoisotopic (exact) mass is 855 g/mol. The molecule has 2 aromatic rings. The van der Waals surface area contributed by atoms with Crippen LogP contribution in [0.3, 0.4) is 0 Å². The standard InChI is InChI=1S/C43H61N5O11S/c1-11-33-43(8,53)38-24(4)34-22(2)18-42(7,37(25(5)35(49)26(6)40(52)57-33)58-41-36(50)30(48(9)10)16-23(3)56-41)55-21-27(20-54-38)47-59-31(39(51)46-34)17-28-12-13-32(60-28)29-19-44-14-15-45-29/h12-15,19,22-26,30-31,33,36-38,41,50,53H,11,16-18,20-21H2,1-10H3/b46-34?,47-27-/t22-,23-,24+,25+,26-,30+,31?,33-,36-,37-,38-,41+,42-,43-/m1/s1. The number of likely N-dealkylation sites (N-methyl/N-ethyl adjacent to an activating group) is 1. The third-order valence-corrected chi connectivity index (χ3v) is 13.7. The van der Waals surface area contributed by atoms with Crippen LogP contribution in [0.4, 0.5) is 0 Å². The van der Waals surface area contributed by atoms with Gasteiger partial charge in [0.1, 0.15) is 29.4 Å². The van der Waals surface area contributed by atoms with E-state index in [1.165, 1.54) is 25.2 Å². The predicted molar refractivity (Wildman–Crippen MR) is 222 cm³/mol. The van der Waals surface area contributed by atoms with Crippen LogP contribution in [0, 0.1) is 23.7 Å². The summed E-state index contributed by atoms with van der Waals surface area (Å²) in [7, 11) is 3.74. The lowest BCUT2D eigenvalue weighted by Gasteiger charge is -2.47. The number of cyclic esters (lactones) is 1. The van der Waals surface area contributed by atoms with Gasteiger partial charge in [0, 0.05) is 47.3 Å². The molecular formula is C43H61N5O11S. The lowest BCUT2D eigenvalue weighted by atomic mass is 9.73. The molecular weight excluding hydrogens is 795 g/mol. The summed E-state index contributed by atoms with van der Waals surface area (Å²) in [6.45, 7) is 13.5. The van der Waals surface area contributed by atoms with Crippen LogP contribution in [0.5, 0.6) is 0 Å². The Hall–Kier alpha value is -3.55. The number of carbonyl (C=O) groups is 3. The SMILES string of the molecule is CC[C@H]1OC(=O)[C@H](C)C(=O)[C@H](C)[C@@H](O[C@@H]2O[C@H](C)C[C@H](N(C)C)[C@H]2O)[C@@]2(C)C[C@@H](C)C3=NC(=O)C(Cc4ccc(-c5cnccn5)s4)O/N=C(/CO[C@H]([C@H]3C)[C@]1(C)O)CO2. The van der Waals surface area contributed by atoms with Gasteiger partial charge in [-0.3, -0.25) is 24.4 Å². The molecule has 3 saturated heterocycles. The van der Waals surface area contributed by atoms with Crippen molar-refractivity contribution in [1.29, 1.82) is 0 Å². The number of Topliss-reactive ketones (excluding diaryl/α,β-unsaturated/α-hetero) is 1. The lowest BCUT2D eigenvalue weighted by Crippen LogP contribution is -2.60. The number of aliphatic hydroxyl groups is 2. The van der Waals surface area contributed by atoms with E-state index in [-0.39, 0.29) is 50.3 Å². The van der Waals surface area contributed by atoms with Gasteiger partial charge in [-0.1, -0.05) is 32.9 Å². The Kier molecular flexibility index (Phi) is 14.4. The molecule has 2 aromatic heterocycles. The first-order valence-corrected chi connectivity index (χ1v) is 21.7. The van der Waals surface area contributed by atoms with E-state index in [4.69, 9.17) is 33.5 Å². The first kappa shape index (κ1) is 46.0. The number of amides is 1. The summed E-state index contributed by atoms with van der Waals surface area (Å²) in [5, 5.41) is 28.6. The summed E-state index contributed by atoms with van der Waals surface area (Å²) in [5.41, 5.74) is -1.88. The molecule has 17 heteroatoms. The molecule has 1 amide bonds. The van der Waals surface area contributed by atoms with E-state index < -0.39 is 89.3 Å². The molecule has 0 saturated carbocycles. The highest BCUT2D eigenvalue weighted by molar-refractivity contribution is 7.15. The molecule has 16 nitrogen and oxygen atoms in total. The molecule has 0 aromatic carbocycles. The van der Waals surface area contributed by atoms with Gasteiger partial charge in [-0.25, -0.2) is 4.99 Å². The van der Waals surface area contributed by atoms with Gasteiger partial charge in [0.15, 0.2) is 12.1 Å².